The fourth-order valence-corrected chi connectivity index (χ4v) is 1.35. The van der Waals surface area contributed by atoms with Crippen molar-refractivity contribution in [1.82, 2.24) is 20.4 Å². The van der Waals surface area contributed by atoms with Crippen LogP contribution >= 0.6 is 0 Å². The fraction of sp³-hybridized carbons (Fsp3) is 0.700. The molecule has 0 aliphatic carbocycles. The van der Waals surface area contributed by atoms with Crippen LogP contribution in [0.5, 0.6) is 0 Å². The van der Waals surface area contributed by atoms with E-state index in [1.165, 1.54) is 0 Å². The van der Waals surface area contributed by atoms with Gasteiger partial charge in [-0.1, -0.05) is 5.16 Å². The lowest BCUT2D eigenvalue weighted by Gasteiger charge is -2.15. The van der Waals surface area contributed by atoms with Gasteiger partial charge in [-0.15, -0.1) is 0 Å². The molecule has 1 aromatic rings. The molecule has 0 aromatic carbocycles. The van der Waals surface area contributed by atoms with E-state index in [0.29, 0.717) is 24.8 Å². The van der Waals surface area contributed by atoms with Crippen molar-refractivity contribution in [3.8, 4) is 0 Å². The fourth-order valence-electron chi connectivity index (χ4n) is 1.35. The molecule has 17 heavy (non-hydrogen) atoms. The third kappa shape index (κ3) is 4.92. The predicted octanol–water partition coefficient (Wildman–Crippen LogP) is -0.515. The number of aromatic nitrogens is 2. The Hall–Kier alpha value is -1.47. The van der Waals surface area contributed by atoms with Crippen molar-refractivity contribution >= 4 is 5.91 Å². The van der Waals surface area contributed by atoms with E-state index < -0.39 is 0 Å². The first-order chi connectivity index (χ1) is 8.01. The summed E-state index contributed by atoms with van der Waals surface area (Å²) in [7, 11) is 1.82. The van der Waals surface area contributed by atoms with E-state index in [2.05, 4.69) is 15.5 Å². The normalized spacial score (nSPS) is 11.2. The minimum absolute atomic E-state index is 0.0231. The third-order valence-corrected chi connectivity index (χ3v) is 1.96. The number of hydrogen-bond acceptors (Lipinski definition) is 6. The average Bonchev–Trinajstić information content (AvgIpc) is 2.63. The van der Waals surface area contributed by atoms with E-state index in [1.54, 1.807) is 0 Å². The third-order valence-electron chi connectivity index (χ3n) is 1.96. The lowest BCUT2D eigenvalue weighted by Crippen LogP contribution is -2.38. The lowest BCUT2D eigenvalue weighted by molar-refractivity contribution is -0.122. The van der Waals surface area contributed by atoms with Crippen LogP contribution in [-0.2, 0) is 17.9 Å². The summed E-state index contributed by atoms with van der Waals surface area (Å²) in [5, 5.41) is 6.57. The Bertz CT molecular complexity index is 363. The molecule has 1 heterocycles. The Morgan fingerprint density at radius 3 is 2.82 bits per heavy atom. The zero-order valence-electron chi connectivity index (χ0n) is 10.4. The van der Waals surface area contributed by atoms with Crippen molar-refractivity contribution in [3.05, 3.63) is 11.7 Å². The highest BCUT2D eigenvalue weighted by molar-refractivity contribution is 5.78. The van der Waals surface area contributed by atoms with E-state index in [1.807, 2.05) is 25.8 Å². The topological polar surface area (TPSA) is 97.3 Å². The van der Waals surface area contributed by atoms with E-state index in [-0.39, 0.29) is 18.5 Å². The van der Waals surface area contributed by atoms with Gasteiger partial charge >= 0.3 is 0 Å². The smallest absolute Gasteiger partial charge is 0.240 e. The summed E-state index contributed by atoms with van der Waals surface area (Å²) in [4.78, 5) is 17.3. The van der Waals surface area contributed by atoms with E-state index in [4.69, 9.17) is 10.3 Å². The van der Waals surface area contributed by atoms with Gasteiger partial charge in [0.15, 0.2) is 5.82 Å². The molecule has 96 valence electrons. The molecule has 0 bridgehead atoms. The van der Waals surface area contributed by atoms with Gasteiger partial charge in [0.2, 0.25) is 11.8 Å². The molecule has 1 rings (SSSR count). The number of rotatable bonds is 6. The highest BCUT2D eigenvalue weighted by Crippen LogP contribution is 1.99. The second-order valence-corrected chi connectivity index (χ2v) is 4.20. The average molecular weight is 241 g/mol. The highest BCUT2D eigenvalue weighted by atomic mass is 16.5. The number of nitrogens with one attached hydrogen (secondary N) is 1. The zero-order valence-corrected chi connectivity index (χ0v) is 10.4. The number of nitrogens with two attached hydrogens (primary N) is 1. The van der Waals surface area contributed by atoms with Crippen LogP contribution in [0.1, 0.15) is 25.6 Å². The first-order valence-electron chi connectivity index (χ1n) is 5.50. The molecule has 0 aliphatic heterocycles. The van der Waals surface area contributed by atoms with Gasteiger partial charge < -0.3 is 15.6 Å². The summed E-state index contributed by atoms with van der Waals surface area (Å²) in [5.74, 6) is 0.912. The van der Waals surface area contributed by atoms with Crippen LogP contribution < -0.4 is 11.1 Å². The second-order valence-electron chi connectivity index (χ2n) is 4.20. The van der Waals surface area contributed by atoms with Gasteiger partial charge in [-0.2, -0.15) is 4.98 Å². The molecular formula is C10H19N5O2. The molecule has 0 spiro atoms. The SMILES string of the molecule is CC(C)NC(=O)CN(C)Cc1noc(CN)n1. The first kappa shape index (κ1) is 13.6. The molecule has 1 amide bonds. The molecule has 0 saturated carbocycles. The van der Waals surface area contributed by atoms with Crippen LogP contribution in [0.25, 0.3) is 0 Å². The van der Waals surface area contributed by atoms with Gasteiger partial charge in [-0.05, 0) is 20.9 Å². The van der Waals surface area contributed by atoms with Gasteiger partial charge in [0, 0.05) is 6.04 Å². The predicted molar refractivity (Wildman–Crippen MR) is 61.8 cm³/mol. The van der Waals surface area contributed by atoms with Crippen molar-refractivity contribution in [2.75, 3.05) is 13.6 Å². The van der Waals surface area contributed by atoms with E-state index in [0.717, 1.165) is 0 Å². The van der Waals surface area contributed by atoms with Crippen molar-refractivity contribution < 1.29 is 9.32 Å². The minimum atomic E-state index is -0.0231. The number of carbonyl (C=O) groups excluding carboxylic acids is 1. The zero-order chi connectivity index (χ0) is 12.8. The molecule has 7 heteroatoms. The van der Waals surface area contributed by atoms with E-state index in [9.17, 15) is 4.79 Å². The lowest BCUT2D eigenvalue weighted by atomic mass is 10.4. The summed E-state index contributed by atoms with van der Waals surface area (Å²) in [6, 6.07) is 0.143. The maximum absolute atomic E-state index is 11.5. The molecule has 0 aliphatic rings. The van der Waals surface area contributed by atoms with Crippen molar-refractivity contribution in [1.29, 1.82) is 0 Å². The quantitative estimate of drug-likeness (QED) is 0.696. The number of hydrogen-bond donors (Lipinski definition) is 2. The van der Waals surface area contributed by atoms with Crippen molar-refractivity contribution in [2.45, 2.75) is 33.0 Å². The van der Waals surface area contributed by atoms with E-state index >= 15 is 0 Å². The Labute approximate surface area is 100 Å². The largest absolute Gasteiger partial charge is 0.353 e. The minimum Gasteiger partial charge on any atom is -0.353 e. The molecule has 1 aromatic heterocycles. The van der Waals surface area contributed by atoms with Crippen LogP contribution in [0, 0.1) is 0 Å². The molecule has 0 atom stereocenters. The standard InChI is InChI=1S/C10H19N5O2/c1-7(2)12-9(16)6-15(3)5-8-13-10(4-11)17-14-8/h7H,4-6,11H2,1-3H3,(H,12,16). The molecule has 0 fully saturated rings. The van der Waals surface area contributed by atoms with Gasteiger partial charge in [-0.25, -0.2) is 0 Å². The number of amides is 1. The summed E-state index contributed by atoms with van der Waals surface area (Å²) in [6.07, 6.45) is 0. The molecule has 0 radical (unpaired) electrons. The van der Waals surface area contributed by atoms with Gasteiger partial charge in [0.05, 0.1) is 19.6 Å². The Kier molecular flexibility index (Phi) is 5.05. The molecule has 7 nitrogen and oxygen atoms in total. The molecule has 0 unspecified atom stereocenters. The summed E-state index contributed by atoms with van der Waals surface area (Å²) < 4.78 is 4.87. The first-order valence-corrected chi connectivity index (χ1v) is 5.50. The summed E-state index contributed by atoms with van der Waals surface area (Å²) in [5.41, 5.74) is 5.36. The van der Waals surface area contributed by atoms with Crippen LogP contribution in [0.3, 0.4) is 0 Å². The molecular weight excluding hydrogens is 222 g/mol. The van der Waals surface area contributed by atoms with Crippen LogP contribution in [0.15, 0.2) is 4.52 Å². The van der Waals surface area contributed by atoms with Gasteiger partial charge in [0.1, 0.15) is 0 Å². The summed E-state index contributed by atoms with van der Waals surface area (Å²) >= 11 is 0. The van der Waals surface area contributed by atoms with Crippen molar-refractivity contribution in [2.24, 2.45) is 5.73 Å². The maximum atomic E-state index is 11.5. The highest BCUT2D eigenvalue weighted by Gasteiger charge is 2.11. The maximum Gasteiger partial charge on any atom is 0.240 e. The number of nitrogens with zero attached hydrogens (tertiary/aromatic N) is 3. The van der Waals surface area contributed by atoms with Crippen LogP contribution in [-0.4, -0.2) is 40.6 Å². The van der Waals surface area contributed by atoms with Crippen LogP contribution in [0.4, 0.5) is 0 Å². The monoisotopic (exact) mass is 241 g/mol. The molecule has 3 N–H and O–H groups in total. The van der Waals surface area contributed by atoms with Crippen molar-refractivity contribution in [3.63, 3.8) is 0 Å². The Balaban J connectivity index is 2.38. The summed E-state index contributed by atoms with van der Waals surface area (Å²) in [6.45, 7) is 4.82. The Morgan fingerprint density at radius 1 is 1.59 bits per heavy atom. The Morgan fingerprint density at radius 2 is 2.29 bits per heavy atom. The van der Waals surface area contributed by atoms with Gasteiger partial charge in [-0.3, -0.25) is 9.69 Å². The second kappa shape index (κ2) is 6.31. The molecule has 0 saturated heterocycles. The van der Waals surface area contributed by atoms with Crippen LogP contribution in [0.2, 0.25) is 0 Å². The van der Waals surface area contributed by atoms with Gasteiger partial charge in [0.25, 0.3) is 0 Å². The number of likely N-dealkylation sites (N-methyl/N-ethyl adjacent to an activating group) is 1. The number of carbonyl (C=O) groups is 1.